The van der Waals surface area contributed by atoms with Crippen LogP contribution in [0.25, 0.3) is 0 Å². The molecule has 0 aromatic rings. The normalized spacial score (nSPS) is 14.4. The maximum absolute atomic E-state index is 11.1. The summed E-state index contributed by atoms with van der Waals surface area (Å²) in [5.41, 5.74) is 0.229. The molecule has 2 unspecified atom stereocenters. The molecule has 0 heterocycles. The SMILES string of the molecule is CCO[SiH](OCC)C(C)CCN(C(=O)O)C(C)CO. The van der Waals surface area contributed by atoms with E-state index in [0.29, 0.717) is 26.2 Å². The summed E-state index contributed by atoms with van der Waals surface area (Å²) in [6.45, 7) is 9.06. The highest BCUT2D eigenvalue weighted by Gasteiger charge is 2.25. The molecule has 0 saturated heterocycles. The minimum absolute atomic E-state index is 0.168. The molecule has 2 N–H and O–H groups in total. The largest absolute Gasteiger partial charge is 0.465 e. The molecular weight excluding hydrogens is 266 g/mol. The number of hydrogen-bond acceptors (Lipinski definition) is 4. The molecule has 0 rings (SSSR count). The number of aliphatic hydroxyl groups excluding tert-OH is 1. The van der Waals surface area contributed by atoms with Gasteiger partial charge in [0.2, 0.25) is 0 Å². The molecule has 0 fully saturated rings. The average Bonchev–Trinajstić information content (AvgIpc) is 2.37. The minimum Gasteiger partial charge on any atom is -0.465 e. The number of rotatable bonds is 10. The molecule has 2 atom stereocenters. The Morgan fingerprint density at radius 1 is 1.26 bits per heavy atom. The summed E-state index contributed by atoms with van der Waals surface area (Å²) in [7, 11) is -1.74. The molecule has 0 bridgehead atoms. The molecule has 7 heteroatoms. The Morgan fingerprint density at radius 3 is 2.16 bits per heavy atom. The molecule has 0 aromatic carbocycles. The van der Waals surface area contributed by atoms with E-state index < -0.39 is 15.4 Å². The standard InChI is InChI=1S/C12H27NO5Si/c1-5-17-19(18-6-2)11(4)7-8-13(12(15)16)10(3)9-14/h10-11,14,19H,5-9H2,1-4H3,(H,15,16). The van der Waals surface area contributed by atoms with E-state index in [9.17, 15) is 4.79 Å². The molecular formula is C12H27NO5Si. The first-order valence-corrected chi connectivity index (χ1v) is 8.42. The molecule has 0 aliphatic rings. The third-order valence-electron chi connectivity index (χ3n) is 2.99. The van der Waals surface area contributed by atoms with Gasteiger partial charge in [0.15, 0.2) is 0 Å². The van der Waals surface area contributed by atoms with Crippen molar-refractivity contribution in [3.05, 3.63) is 0 Å². The van der Waals surface area contributed by atoms with E-state index in [1.54, 1.807) is 6.92 Å². The zero-order chi connectivity index (χ0) is 14.8. The highest BCUT2D eigenvalue weighted by Crippen LogP contribution is 2.18. The third-order valence-corrected chi connectivity index (χ3v) is 5.58. The highest BCUT2D eigenvalue weighted by molar-refractivity contribution is 6.46. The minimum atomic E-state index is -1.74. The van der Waals surface area contributed by atoms with Gasteiger partial charge in [-0.2, -0.15) is 0 Å². The van der Waals surface area contributed by atoms with E-state index in [-0.39, 0.29) is 18.2 Å². The number of hydrogen-bond donors (Lipinski definition) is 2. The second kappa shape index (κ2) is 10.2. The van der Waals surface area contributed by atoms with Gasteiger partial charge in [-0.15, -0.1) is 0 Å². The van der Waals surface area contributed by atoms with Crippen LogP contribution in [0, 0.1) is 0 Å². The number of carbonyl (C=O) groups is 1. The Labute approximate surface area is 117 Å². The maximum Gasteiger partial charge on any atom is 0.407 e. The Kier molecular flexibility index (Phi) is 9.85. The number of amides is 1. The van der Waals surface area contributed by atoms with Crippen LogP contribution < -0.4 is 0 Å². The zero-order valence-electron chi connectivity index (χ0n) is 12.3. The summed E-state index contributed by atoms with van der Waals surface area (Å²) in [6.07, 6.45) is -0.312. The predicted octanol–water partition coefficient (Wildman–Crippen LogP) is 1.42. The molecule has 114 valence electrons. The van der Waals surface area contributed by atoms with Gasteiger partial charge in [-0.1, -0.05) is 6.92 Å². The molecule has 0 spiro atoms. The van der Waals surface area contributed by atoms with Crippen molar-refractivity contribution in [3.63, 3.8) is 0 Å². The van der Waals surface area contributed by atoms with E-state index in [4.69, 9.17) is 19.1 Å². The van der Waals surface area contributed by atoms with Crippen LogP contribution in [-0.2, 0) is 8.85 Å². The van der Waals surface area contributed by atoms with Gasteiger partial charge in [0, 0.05) is 19.8 Å². The van der Waals surface area contributed by atoms with E-state index >= 15 is 0 Å². The second-order valence-electron chi connectivity index (χ2n) is 4.55. The quantitative estimate of drug-likeness (QED) is 0.596. The number of aliphatic hydroxyl groups is 1. The highest BCUT2D eigenvalue weighted by atomic mass is 28.3. The van der Waals surface area contributed by atoms with Gasteiger partial charge in [0.25, 0.3) is 0 Å². The fourth-order valence-electron chi connectivity index (χ4n) is 1.79. The molecule has 0 radical (unpaired) electrons. The Hall–Kier alpha value is -0.633. The fourth-order valence-corrected chi connectivity index (χ4v) is 3.62. The van der Waals surface area contributed by atoms with Gasteiger partial charge in [0.05, 0.1) is 12.6 Å². The third kappa shape index (κ3) is 6.91. The van der Waals surface area contributed by atoms with Crippen LogP contribution >= 0.6 is 0 Å². The van der Waals surface area contributed by atoms with Crippen molar-refractivity contribution in [3.8, 4) is 0 Å². The Bertz CT molecular complexity index is 248. The number of carboxylic acid groups (broad SMARTS) is 1. The zero-order valence-corrected chi connectivity index (χ0v) is 13.5. The Balaban J connectivity index is 4.35. The van der Waals surface area contributed by atoms with E-state index in [1.165, 1.54) is 4.90 Å². The number of nitrogens with zero attached hydrogens (tertiary/aromatic N) is 1. The molecule has 1 amide bonds. The van der Waals surface area contributed by atoms with Crippen LogP contribution in [0.3, 0.4) is 0 Å². The van der Waals surface area contributed by atoms with E-state index in [1.807, 2.05) is 20.8 Å². The van der Waals surface area contributed by atoms with Gasteiger partial charge in [-0.25, -0.2) is 4.79 Å². The van der Waals surface area contributed by atoms with Gasteiger partial charge in [0.1, 0.15) is 0 Å². The predicted molar refractivity (Wildman–Crippen MR) is 75.7 cm³/mol. The molecule has 0 aliphatic heterocycles. The van der Waals surface area contributed by atoms with E-state index in [0.717, 1.165) is 0 Å². The second-order valence-corrected chi connectivity index (χ2v) is 7.09. The topological polar surface area (TPSA) is 79.2 Å². The van der Waals surface area contributed by atoms with Crippen LogP contribution in [0.4, 0.5) is 4.79 Å². The monoisotopic (exact) mass is 293 g/mol. The lowest BCUT2D eigenvalue weighted by Gasteiger charge is -2.28. The molecule has 0 aromatic heterocycles. The van der Waals surface area contributed by atoms with Crippen LogP contribution in [0.1, 0.15) is 34.1 Å². The first kappa shape index (κ1) is 18.4. The van der Waals surface area contributed by atoms with Gasteiger partial charge in [-0.05, 0) is 32.7 Å². The van der Waals surface area contributed by atoms with E-state index in [2.05, 4.69) is 0 Å². The summed E-state index contributed by atoms with van der Waals surface area (Å²) in [6, 6.07) is -0.385. The lowest BCUT2D eigenvalue weighted by Crippen LogP contribution is -2.41. The van der Waals surface area contributed by atoms with Crippen LogP contribution in [0.15, 0.2) is 0 Å². The first-order chi connectivity index (χ1) is 8.97. The lowest BCUT2D eigenvalue weighted by molar-refractivity contribution is 0.102. The van der Waals surface area contributed by atoms with Crippen LogP contribution in [0.5, 0.6) is 0 Å². The van der Waals surface area contributed by atoms with Gasteiger partial charge >= 0.3 is 15.4 Å². The molecule has 19 heavy (non-hydrogen) atoms. The van der Waals surface area contributed by atoms with Crippen LogP contribution in [-0.4, -0.2) is 62.9 Å². The van der Waals surface area contributed by atoms with Crippen molar-refractivity contribution < 1.29 is 23.9 Å². The van der Waals surface area contributed by atoms with Crippen molar-refractivity contribution in [2.45, 2.75) is 45.7 Å². The maximum atomic E-state index is 11.1. The van der Waals surface area contributed by atoms with Crippen LogP contribution in [0.2, 0.25) is 5.54 Å². The molecule has 0 saturated carbocycles. The van der Waals surface area contributed by atoms with Crippen molar-refractivity contribution in [2.75, 3.05) is 26.4 Å². The van der Waals surface area contributed by atoms with Crippen molar-refractivity contribution in [1.29, 1.82) is 0 Å². The lowest BCUT2D eigenvalue weighted by atomic mass is 10.2. The van der Waals surface area contributed by atoms with Gasteiger partial charge < -0.3 is 24.0 Å². The Morgan fingerprint density at radius 2 is 1.79 bits per heavy atom. The summed E-state index contributed by atoms with van der Waals surface area (Å²) < 4.78 is 11.3. The van der Waals surface area contributed by atoms with Crippen molar-refractivity contribution >= 4 is 15.4 Å². The summed E-state index contributed by atoms with van der Waals surface area (Å²) in [5.74, 6) is 0. The van der Waals surface area contributed by atoms with Gasteiger partial charge in [-0.3, -0.25) is 0 Å². The van der Waals surface area contributed by atoms with Crippen molar-refractivity contribution in [1.82, 2.24) is 4.90 Å². The molecule has 6 nitrogen and oxygen atoms in total. The summed E-state index contributed by atoms with van der Waals surface area (Å²) in [4.78, 5) is 12.4. The smallest absolute Gasteiger partial charge is 0.407 e. The fraction of sp³-hybridized carbons (Fsp3) is 0.917. The summed E-state index contributed by atoms with van der Waals surface area (Å²) >= 11 is 0. The first-order valence-electron chi connectivity index (χ1n) is 6.81. The molecule has 0 aliphatic carbocycles. The summed E-state index contributed by atoms with van der Waals surface area (Å²) in [5, 5.41) is 18.1. The van der Waals surface area contributed by atoms with Crippen molar-refractivity contribution in [2.24, 2.45) is 0 Å². The average molecular weight is 293 g/mol.